The molecule has 4 rings (SSSR count). The average molecular weight is 527 g/mol. The number of fused-ring (bicyclic) bond motifs is 1. The number of terminal acetylenes is 1. The first-order valence-electron chi connectivity index (χ1n) is 13.2. The molecular weight excluding hydrogens is 480 g/mol. The minimum Gasteiger partial charge on any atom is -0.312 e. The maximum absolute atomic E-state index is 4.60. The predicted octanol–water partition coefficient (Wildman–Crippen LogP) is 10.1. The summed E-state index contributed by atoms with van der Waals surface area (Å²) in [7, 11) is 0. The van der Waals surface area contributed by atoms with Gasteiger partial charge in [-0.05, 0) is 144 Å². The molecule has 0 fully saturated rings. The van der Waals surface area contributed by atoms with Gasteiger partial charge in [-0.15, -0.1) is 18.9 Å². The summed E-state index contributed by atoms with van der Waals surface area (Å²) in [6.07, 6.45) is 10.2. The Labute approximate surface area is 237 Å². The second-order valence-corrected chi connectivity index (χ2v) is 11.0. The Morgan fingerprint density at radius 3 is 2.16 bits per heavy atom. The average Bonchev–Trinajstić information content (AvgIpc) is 3.06. The van der Waals surface area contributed by atoms with Crippen LogP contribution in [0.4, 0.5) is 5.69 Å². The molecule has 0 saturated carbocycles. The molecule has 2 heterocycles. The van der Waals surface area contributed by atoms with E-state index in [0.29, 0.717) is 0 Å². The van der Waals surface area contributed by atoms with Gasteiger partial charge in [0.2, 0.25) is 0 Å². The van der Waals surface area contributed by atoms with Gasteiger partial charge < -0.3 is 4.31 Å². The normalized spacial score (nSPS) is 11.5. The Morgan fingerprint density at radius 1 is 0.947 bits per heavy atom. The van der Waals surface area contributed by atoms with E-state index in [0.717, 1.165) is 17.8 Å². The zero-order valence-electron chi connectivity index (χ0n) is 24.8. The Hall–Kier alpha value is -3.22. The van der Waals surface area contributed by atoms with Crippen molar-refractivity contribution in [2.24, 2.45) is 0 Å². The van der Waals surface area contributed by atoms with Crippen LogP contribution < -0.4 is 4.31 Å². The molecule has 0 amide bonds. The molecule has 0 unspecified atom stereocenters. The maximum Gasteiger partial charge on any atom is 0.0505 e. The topological polar surface area (TPSA) is 16.1 Å². The van der Waals surface area contributed by atoms with Gasteiger partial charge in [-0.2, -0.15) is 0 Å². The maximum atomic E-state index is 4.60. The summed E-state index contributed by atoms with van der Waals surface area (Å²) in [6, 6.07) is 17.7. The van der Waals surface area contributed by atoms with Crippen molar-refractivity contribution in [3.05, 3.63) is 107 Å². The Balaban J connectivity index is 0.000000337. The molecule has 1 aliphatic rings. The minimum atomic E-state index is 1.06. The van der Waals surface area contributed by atoms with Crippen LogP contribution in [-0.2, 0) is 6.42 Å². The van der Waals surface area contributed by atoms with Gasteiger partial charge in [-0.3, -0.25) is 4.98 Å². The number of benzene rings is 2. The second-order valence-electron chi connectivity index (χ2n) is 9.95. The highest BCUT2D eigenvalue weighted by Crippen LogP contribution is 2.35. The first-order valence-corrected chi connectivity index (χ1v) is 14.0. The van der Waals surface area contributed by atoms with Crippen LogP contribution in [0.25, 0.3) is 5.57 Å². The number of anilines is 1. The number of allylic oxidation sites excluding steroid dienone is 2. The number of rotatable bonds is 3. The SMILES string of the molecule is C#CC.C=C(C)C.C=C(C)c1cc(C)cnc1C.Cc1ccc(SN2CCCCc3ccccc32)cc1C. The van der Waals surface area contributed by atoms with E-state index in [9.17, 15) is 0 Å². The molecule has 0 aliphatic carbocycles. The van der Waals surface area contributed by atoms with Gasteiger partial charge in [-0.25, -0.2) is 0 Å². The molecule has 0 spiro atoms. The van der Waals surface area contributed by atoms with E-state index in [2.05, 4.69) is 97.2 Å². The zero-order valence-corrected chi connectivity index (χ0v) is 25.6. The number of nitrogens with zero attached hydrogens (tertiary/aromatic N) is 2. The van der Waals surface area contributed by atoms with Crippen LogP contribution in [0.15, 0.2) is 78.4 Å². The predicted molar refractivity (Wildman–Crippen MR) is 172 cm³/mol. The van der Waals surface area contributed by atoms with Crippen LogP contribution in [0.1, 0.15) is 74.0 Å². The monoisotopic (exact) mass is 526 g/mol. The molecule has 2 nitrogen and oxygen atoms in total. The number of aryl methyl sites for hydroxylation is 5. The second kappa shape index (κ2) is 17.3. The molecule has 1 aliphatic heterocycles. The largest absolute Gasteiger partial charge is 0.312 e. The van der Waals surface area contributed by atoms with Crippen LogP contribution in [0, 0.1) is 40.0 Å². The highest BCUT2D eigenvalue weighted by Gasteiger charge is 2.16. The number of aromatic nitrogens is 1. The molecule has 202 valence electrons. The lowest BCUT2D eigenvalue weighted by Gasteiger charge is -2.23. The van der Waals surface area contributed by atoms with Crippen molar-refractivity contribution < 1.29 is 0 Å². The van der Waals surface area contributed by atoms with E-state index in [1.54, 1.807) is 6.92 Å². The van der Waals surface area contributed by atoms with E-state index in [-0.39, 0.29) is 0 Å². The summed E-state index contributed by atoms with van der Waals surface area (Å²) >= 11 is 1.88. The molecule has 0 radical (unpaired) electrons. The number of para-hydroxylation sites is 1. The Morgan fingerprint density at radius 2 is 1.58 bits per heavy atom. The summed E-state index contributed by atoms with van der Waals surface area (Å²) in [5.41, 5.74) is 11.3. The zero-order chi connectivity index (χ0) is 28.7. The summed E-state index contributed by atoms with van der Waals surface area (Å²) in [6.45, 7) is 24.6. The first-order chi connectivity index (χ1) is 18.0. The van der Waals surface area contributed by atoms with Gasteiger partial charge in [-0.1, -0.05) is 36.4 Å². The molecule has 0 bridgehead atoms. The highest BCUT2D eigenvalue weighted by molar-refractivity contribution is 8.00. The van der Waals surface area contributed by atoms with E-state index < -0.39 is 0 Å². The molecule has 0 atom stereocenters. The van der Waals surface area contributed by atoms with Crippen LogP contribution >= 0.6 is 11.9 Å². The number of hydrogen-bond acceptors (Lipinski definition) is 3. The van der Waals surface area contributed by atoms with Crippen molar-refractivity contribution >= 4 is 23.2 Å². The first kappa shape index (κ1) is 32.8. The van der Waals surface area contributed by atoms with Gasteiger partial charge in [0.05, 0.1) is 5.69 Å². The fraction of sp³-hybridized carbons (Fsp3) is 0.343. The van der Waals surface area contributed by atoms with Crippen molar-refractivity contribution in [3.8, 4) is 12.3 Å². The highest BCUT2D eigenvalue weighted by atomic mass is 32.2. The third kappa shape index (κ3) is 11.9. The van der Waals surface area contributed by atoms with Crippen LogP contribution in [0.3, 0.4) is 0 Å². The van der Waals surface area contributed by atoms with Crippen LogP contribution in [-0.4, -0.2) is 11.5 Å². The molecule has 0 saturated heterocycles. The lowest BCUT2D eigenvalue weighted by Crippen LogP contribution is -2.15. The number of pyridine rings is 1. The summed E-state index contributed by atoms with van der Waals surface area (Å²) in [5, 5.41) is 0. The smallest absolute Gasteiger partial charge is 0.0505 e. The fourth-order valence-electron chi connectivity index (χ4n) is 3.72. The van der Waals surface area contributed by atoms with E-state index >= 15 is 0 Å². The summed E-state index contributed by atoms with van der Waals surface area (Å²) < 4.78 is 2.46. The standard InChI is InChI=1S/C18H21NS.C10H13N.C4H8.C3H4/c1-14-10-11-17(13-15(14)2)20-19-12-6-5-8-16-7-3-4-9-18(16)19;1-7(2)10-5-8(3)6-11-9(10)4;1-4(2)3;1-3-2/h3-4,7,9-11,13H,5-6,8,12H2,1-2H3;5-6H,1H2,2-4H3;1H2,2-3H3;1H,2H3. The summed E-state index contributed by atoms with van der Waals surface area (Å²) in [4.78, 5) is 5.58. The number of hydrogen-bond donors (Lipinski definition) is 0. The third-order valence-corrected chi connectivity index (χ3v) is 6.76. The van der Waals surface area contributed by atoms with Crippen molar-refractivity contribution in [1.82, 2.24) is 4.98 Å². The molecule has 3 heteroatoms. The molecule has 2 aromatic carbocycles. The van der Waals surface area contributed by atoms with Crippen LogP contribution in [0.5, 0.6) is 0 Å². The minimum absolute atomic E-state index is 1.06. The van der Waals surface area contributed by atoms with Crippen molar-refractivity contribution in [3.63, 3.8) is 0 Å². The molecule has 3 aromatic rings. The Bertz CT molecular complexity index is 1230. The van der Waals surface area contributed by atoms with Gasteiger partial charge in [0.25, 0.3) is 0 Å². The van der Waals surface area contributed by atoms with Gasteiger partial charge >= 0.3 is 0 Å². The van der Waals surface area contributed by atoms with E-state index in [4.69, 9.17) is 0 Å². The lowest BCUT2D eigenvalue weighted by atomic mass is 10.1. The quantitative estimate of drug-likeness (QED) is 0.192. The van der Waals surface area contributed by atoms with Crippen molar-refractivity contribution in [1.29, 1.82) is 0 Å². The van der Waals surface area contributed by atoms with Crippen molar-refractivity contribution in [2.45, 2.75) is 79.5 Å². The lowest BCUT2D eigenvalue weighted by molar-refractivity contribution is 0.773. The third-order valence-electron chi connectivity index (χ3n) is 5.70. The summed E-state index contributed by atoms with van der Waals surface area (Å²) in [5.74, 6) is 2.25. The molecule has 38 heavy (non-hydrogen) atoms. The Kier molecular flexibility index (Phi) is 15.0. The van der Waals surface area contributed by atoms with Crippen LogP contribution in [0.2, 0.25) is 0 Å². The molecular formula is C35H46N2S. The van der Waals surface area contributed by atoms with E-state index in [1.807, 2.05) is 52.8 Å². The fourth-order valence-corrected chi connectivity index (χ4v) is 4.83. The van der Waals surface area contributed by atoms with Crippen molar-refractivity contribution in [2.75, 3.05) is 10.8 Å². The molecule has 0 N–H and O–H groups in total. The molecule has 1 aromatic heterocycles. The van der Waals surface area contributed by atoms with Gasteiger partial charge in [0.15, 0.2) is 0 Å². The van der Waals surface area contributed by atoms with Gasteiger partial charge in [0.1, 0.15) is 0 Å². The van der Waals surface area contributed by atoms with Gasteiger partial charge in [0, 0.05) is 23.3 Å². The van der Waals surface area contributed by atoms with E-state index in [1.165, 1.54) is 63.2 Å².